The van der Waals surface area contributed by atoms with Gasteiger partial charge in [0, 0.05) is 11.8 Å². The van der Waals surface area contributed by atoms with E-state index in [1.807, 2.05) is 6.08 Å². The molecule has 0 radical (unpaired) electrons. The van der Waals surface area contributed by atoms with Crippen LogP contribution in [-0.2, 0) is 0 Å². The van der Waals surface area contributed by atoms with Gasteiger partial charge in [0.05, 0.1) is 0 Å². The van der Waals surface area contributed by atoms with Crippen molar-refractivity contribution in [3.63, 3.8) is 0 Å². The molecule has 0 aliphatic carbocycles. The van der Waals surface area contributed by atoms with Crippen molar-refractivity contribution < 1.29 is 0 Å². The Morgan fingerprint density at radius 1 is 1.35 bits per heavy atom. The molecule has 17 heavy (non-hydrogen) atoms. The summed E-state index contributed by atoms with van der Waals surface area (Å²) in [5.41, 5.74) is 1.39. The maximum atomic E-state index is 5.66. The highest BCUT2D eigenvalue weighted by molar-refractivity contribution is 6.28. The van der Waals surface area contributed by atoms with Crippen LogP contribution in [0.4, 0.5) is 0 Å². The highest BCUT2D eigenvalue weighted by Crippen LogP contribution is 2.01. The first kappa shape index (κ1) is 13.0. The summed E-state index contributed by atoms with van der Waals surface area (Å²) in [4.78, 5) is 7.75. The molecule has 0 aliphatic heterocycles. The molecule has 0 unspecified atom stereocenters. The summed E-state index contributed by atoms with van der Waals surface area (Å²) >= 11 is 5.66. The van der Waals surface area contributed by atoms with Crippen LogP contribution in [0, 0.1) is 11.8 Å². The fourth-order valence-electron chi connectivity index (χ4n) is 0.978. The van der Waals surface area contributed by atoms with Gasteiger partial charge in [0.1, 0.15) is 5.69 Å². The van der Waals surface area contributed by atoms with E-state index >= 15 is 0 Å². The summed E-state index contributed by atoms with van der Waals surface area (Å²) in [6.45, 7) is 7.22. The molecule has 0 saturated carbocycles. The third kappa shape index (κ3) is 4.96. The average molecular weight is 243 g/mol. The Labute approximate surface area is 106 Å². The number of rotatable bonds is 3. The van der Waals surface area contributed by atoms with Crippen molar-refractivity contribution in [1.82, 2.24) is 9.97 Å². The number of allylic oxidation sites excluding steroid dienone is 6. The van der Waals surface area contributed by atoms with Crippen LogP contribution in [-0.4, -0.2) is 9.97 Å². The third-order valence-electron chi connectivity index (χ3n) is 1.67. The van der Waals surface area contributed by atoms with Gasteiger partial charge in [0.25, 0.3) is 0 Å². The molecule has 0 fully saturated rings. The number of hydrogen-bond donors (Lipinski definition) is 0. The lowest BCUT2D eigenvalue weighted by atomic mass is 10.2. The molecule has 1 aromatic rings. The summed E-state index contributed by atoms with van der Waals surface area (Å²) < 4.78 is 0. The van der Waals surface area contributed by atoms with E-state index in [1.54, 1.807) is 36.6 Å². The fraction of sp³-hybridized carbons (Fsp3) is 0. The summed E-state index contributed by atoms with van der Waals surface area (Å²) in [6, 6.07) is 1.70. The zero-order valence-corrected chi connectivity index (χ0v) is 9.98. The lowest BCUT2D eigenvalue weighted by Crippen LogP contribution is -1.85. The smallest absolute Gasteiger partial charge is 0.223 e. The fourth-order valence-corrected chi connectivity index (χ4v) is 1.13. The van der Waals surface area contributed by atoms with Gasteiger partial charge >= 0.3 is 0 Å². The standard InChI is InChI=1S/C14H11ClN2/c1-3-5-7-12(6-4-2)8-9-13-10-11-16-14(15)17-13/h3-7,10-11H,1-2H2/b7-5-,12-6+. The maximum absolute atomic E-state index is 5.66. The molecule has 2 nitrogen and oxygen atoms in total. The van der Waals surface area contributed by atoms with E-state index in [0.717, 1.165) is 5.57 Å². The SMILES string of the molecule is C=C/C=C\C(C#Cc1ccnc(Cl)n1)=C/C=C. The van der Waals surface area contributed by atoms with E-state index in [4.69, 9.17) is 11.6 Å². The third-order valence-corrected chi connectivity index (χ3v) is 1.85. The van der Waals surface area contributed by atoms with Gasteiger partial charge in [-0.05, 0) is 35.7 Å². The summed E-state index contributed by atoms with van der Waals surface area (Å²) in [5, 5.41) is 0.188. The van der Waals surface area contributed by atoms with E-state index in [1.165, 1.54) is 0 Å². The van der Waals surface area contributed by atoms with Gasteiger partial charge < -0.3 is 0 Å². The van der Waals surface area contributed by atoms with E-state index in [2.05, 4.69) is 35.0 Å². The van der Waals surface area contributed by atoms with E-state index in [0.29, 0.717) is 5.69 Å². The quantitative estimate of drug-likeness (QED) is 0.462. The van der Waals surface area contributed by atoms with E-state index < -0.39 is 0 Å². The van der Waals surface area contributed by atoms with Crippen LogP contribution in [0.5, 0.6) is 0 Å². The normalized spacial score (nSPS) is 10.8. The van der Waals surface area contributed by atoms with Crippen molar-refractivity contribution in [2.75, 3.05) is 0 Å². The molecule has 1 heterocycles. The van der Waals surface area contributed by atoms with Crippen LogP contribution in [0.15, 0.2) is 61.4 Å². The van der Waals surface area contributed by atoms with Gasteiger partial charge in [0.2, 0.25) is 5.28 Å². The predicted molar refractivity (Wildman–Crippen MR) is 71.5 cm³/mol. The predicted octanol–water partition coefficient (Wildman–Crippen LogP) is 3.34. The Morgan fingerprint density at radius 2 is 2.18 bits per heavy atom. The average Bonchev–Trinajstić information content (AvgIpc) is 2.33. The molecule has 0 aromatic carbocycles. The molecule has 0 bridgehead atoms. The van der Waals surface area contributed by atoms with Crippen LogP contribution in [0.3, 0.4) is 0 Å². The van der Waals surface area contributed by atoms with Gasteiger partial charge in [-0.1, -0.05) is 37.3 Å². The highest BCUT2D eigenvalue weighted by Gasteiger charge is 1.91. The van der Waals surface area contributed by atoms with E-state index in [9.17, 15) is 0 Å². The van der Waals surface area contributed by atoms with Crippen molar-refractivity contribution in [2.24, 2.45) is 0 Å². The van der Waals surface area contributed by atoms with Crippen LogP contribution in [0.1, 0.15) is 5.69 Å². The summed E-state index contributed by atoms with van der Waals surface area (Å²) in [6.07, 6.45) is 10.4. The number of hydrogen-bond acceptors (Lipinski definition) is 2. The van der Waals surface area contributed by atoms with Gasteiger partial charge in [-0.25, -0.2) is 9.97 Å². The summed E-state index contributed by atoms with van der Waals surface area (Å²) in [5.74, 6) is 5.85. The molecule has 3 heteroatoms. The monoisotopic (exact) mass is 242 g/mol. The lowest BCUT2D eigenvalue weighted by molar-refractivity contribution is 1.15. The second kappa shape index (κ2) is 7.21. The minimum atomic E-state index is 0.188. The van der Waals surface area contributed by atoms with Crippen molar-refractivity contribution in [1.29, 1.82) is 0 Å². The Morgan fingerprint density at radius 3 is 2.82 bits per heavy atom. The van der Waals surface area contributed by atoms with Gasteiger partial charge in [-0.15, -0.1) is 0 Å². The molecule has 0 amide bonds. The topological polar surface area (TPSA) is 25.8 Å². The van der Waals surface area contributed by atoms with Crippen LogP contribution in [0.25, 0.3) is 0 Å². The second-order valence-corrected chi connectivity index (χ2v) is 3.25. The Kier molecular flexibility index (Phi) is 5.50. The second-order valence-electron chi connectivity index (χ2n) is 2.91. The van der Waals surface area contributed by atoms with Crippen molar-refractivity contribution >= 4 is 11.6 Å². The largest absolute Gasteiger partial charge is 0.226 e. The minimum Gasteiger partial charge on any atom is -0.226 e. The molecule has 84 valence electrons. The highest BCUT2D eigenvalue weighted by atomic mass is 35.5. The van der Waals surface area contributed by atoms with Gasteiger partial charge in [-0.3, -0.25) is 0 Å². The summed E-state index contributed by atoms with van der Waals surface area (Å²) in [7, 11) is 0. The molecule has 0 spiro atoms. The van der Waals surface area contributed by atoms with Gasteiger partial charge in [-0.2, -0.15) is 0 Å². The van der Waals surface area contributed by atoms with Crippen LogP contribution in [0.2, 0.25) is 5.28 Å². The zero-order valence-electron chi connectivity index (χ0n) is 9.23. The van der Waals surface area contributed by atoms with Gasteiger partial charge in [0.15, 0.2) is 0 Å². The molecule has 1 rings (SSSR count). The number of nitrogens with zero attached hydrogens (tertiary/aromatic N) is 2. The van der Waals surface area contributed by atoms with Crippen molar-refractivity contribution in [3.05, 3.63) is 72.4 Å². The molecular formula is C14H11ClN2. The molecule has 0 N–H and O–H groups in total. The maximum Gasteiger partial charge on any atom is 0.223 e. The van der Waals surface area contributed by atoms with Crippen LogP contribution < -0.4 is 0 Å². The van der Waals surface area contributed by atoms with Crippen molar-refractivity contribution in [2.45, 2.75) is 0 Å². The number of halogens is 1. The first-order chi connectivity index (χ1) is 8.26. The first-order valence-corrected chi connectivity index (χ1v) is 5.26. The van der Waals surface area contributed by atoms with Crippen LogP contribution >= 0.6 is 11.6 Å². The Hall–Kier alpha value is -2.11. The zero-order chi connectivity index (χ0) is 12.5. The van der Waals surface area contributed by atoms with Crippen molar-refractivity contribution in [3.8, 4) is 11.8 Å². The molecule has 0 aliphatic rings. The molecule has 0 saturated heterocycles. The Bertz CT molecular complexity index is 531. The van der Waals surface area contributed by atoms with E-state index in [-0.39, 0.29) is 5.28 Å². The Balaban J connectivity index is 2.95. The molecular weight excluding hydrogens is 232 g/mol. The minimum absolute atomic E-state index is 0.188. The molecule has 0 atom stereocenters. The first-order valence-electron chi connectivity index (χ1n) is 4.88. The molecule has 1 aromatic heterocycles. The number of aromatic nitrogens is 2. The lowest BCUT2D eigenvalue weighted by Gasteiger charge is -1.90.